The van der Waals surface area contributed by atoms with Crippen molar-refractivity contribution in [3.63, 3.8) is 0 Å². The summed E-state index contributed by atoms with van der Waals surface area (Å²) in [6.45, 7) is 1.95. The minimum Gasteiger partial charge on any atom is -0.497 e. The minimum absolute atomic E-state index is 0.578. The van der Waals surface area contributed by atoms with E-state index in [0.717, 1.165) is 16.9 Å². The van der Waals surface area contributed by atoms with Gasteiger partial charge in [0.15, 0.2) is 6.29 Å². The number of ether oxygens (including phenoxy) is 1. The number of carbonyl (C=O) groups excluding carboxylic acids is 1. The van der Waals surface area contributed by atoms with E-state index in [4.69, 9.17) is 4.74 Å². The molecule has 0 heterocycles. The van der Waals surface area contributed by atoms with Gasteiger partial charge in [-0.25, -0.2) is 0 Å². The fraction of sp³-hybridized carbons (Fsp3) is 0.182. The van der Waals surface area contributed by atoms with Gasteiger partial charge in [0.25, 0.3) is 0 Å². The molecule has 0 aromatic heterocycles. The van der Waals surface area contributed by atoms with Crippen molar-refractivity contribution in [2.45, 2.75) is 6.92 Å². The molecule has 0 atom stereocenters. The number of methoxy groups -OCH3 is 1. The summed E-state index contributed by atoms with van der Waals surface area (Å²) in [5, 5.41) is 0. The third-order valence-corrected chi connectivity index (χ3v) is 1.56. The fourth-order valence-electron chi connectivity index (χ4n) is 1.05. The van der Waals surface area contributed by atoms with Crippen LogP contribution in [0, 0.1) is 18.8 Å². The topological polar surface area (TPSA) is 26.3 Å². The first kappa shape index (κ1) is 9.34. The van der Waals surface area contributed by atoms with E-state index in [1.165, 1.54) is 0 Å². The quantitative estimate of drug-likeness (QED) is 0.477. The Morgan fingerprint density at radius 2 is 2.15 bits per heavy atom. The molecule has 0 unspecified atom stereocenters. The lowest BCUT2D eigenvalue weighted by Gasteiger charge is -2.01. The molecule has 0 saturated heterocycles. The molecular weight excluding hydrogens is 164 g/mol. The molecule has 0 spiro atoms. The van der Waals surface area contributed by atoms with Gasteiger partial charge in [0.05, 0.1) is 7.11 Å². The Morgan fingerprint density at radius 1 is 1.38 bits per heavy atom. The van der Waals surface area contributed by atoms with Crippen molar-refractivity contribution in [3.8, 4) is 17.6 Å². The van der Waals surface area contributed by atoms with Gasteiger partial charge in [0.1, 0.15) is 5.75 Å². The van der Waals surface area contributed by atoms with Crippen LogP contribution in [-0.4, -0.2) is 13.4 Å². The first-order valence-corrected chi connectivity index (χ1v) is 3.87. The molecule has 0 aliphatic rings. The van der Waals surface area contributed by atoms with Crippen molar-refractivity contribution >= 4 is 6.29 Å². The van der Waals surface area contributed by atoms with Crippen LogP contribution < -0.4 is 4.74 Å². The molecule has 0 saturated carbocycles. The molecule has 0 fully saturated rings. The predicted octanol–water partition coefficient (Wildman–Crippen LogP) is 1.55. The number of aldehydes is 1. The molecule has 13 heavy (non-hydrogen) atoms. The van der Waals surface area contributed by atoms with Crippen LogP contribution in [0.2, 0.25) is 0 Å². The van der Waals surface area contributed by atoms with Gasteiger partial charge in [-0.15, -0.1) is 0 Å². The Balaban J connectivity index is 3.08. The SMILES string of the molecule is COc1cc(C)cc(C#CC=O)c1. The summed E-state index contributed by atoms with van der Waals surface area (Å²) in [6, 6.07) is 5.61. The minimum atomic E-state index is 0.578. The number of hydrogen-bond acceptors (Lipinski definition) is 2. The average Bonchev–Trinajstić information content (AvgIpc) is 2.14. The lowest BCUT2D eigenvalue weighted by atomic mass is 10.1. The summed E-state index contributed by atoms with van der Waals surface area (Å²) in [7, 11) is 1.60. The van der Waals surface area contributed by atoms with Crippen molar-refractivity contribution < 1.29 is 9.53 Å². The van der Waals surface area contributed by atoms with E-state index >= 15 is 0 Å². The Kier molecular flexibility index (Phi) is 3.10. The average molecular weight is 174 g/mol. The van der Waals surface area contributed by atoms with Gasteiger partial charge in [0.2, 0.25) is 0 Å². The van der Waals surface area contributed by atoms with E-state index < -0.39 is 0 Å². The second-order valence-corrected chi connectivity index (χ2v) is 2.63. The van der Waals surface area contributed by atoms with E-state index in [0.29, 0.717) is 6.29 Å². The summed E-state index contributed by atoms with van der Waals surface area (Å²) in [5.41, 5.74) is 1.86. The van der Waals surface area contributed by atoms with Crippen molar-refractivity contribution in [3.05, 3.63) is 29.3 Å². The Hall–Kier alpha value is -1.75. The van der Waals surface area contributed by atoms with Crippen molar-refractivity contribution in [1.29, 1.82) is 0 Å². The van der Waals surface area contributed by atoms with E-state index in [9.17, 15) is 4.79 Å². The first-order chi connectivity index (χ1) is 6.26. The summed E-state index contributed by atoms with van der Waals surface area (Å²) in [4.78, 5) is 10.0. The van der Waals surface area contributed by atoms with Gasteiger partial charge in [-0.1, -0.05) is 5.92 Å². The number of carbonyl (C=O) groups is 1. The third-order valence-electron chi connectivity index (χ3n) is 1.56. The highest BCUT2D eigenvalue weighted by Gasteiger charge is 1.94. The number of aryl methyl sites for hydroxylation is 1. The third kappa shape index (κ3) is 2.64. The van der Waals surface area contributed by atoms with E-state index in [2.05, 4.69) is 11.8 Å². The summed E-state index contributed by atoms with van der Waals surface area (Å²) in [6.07, 6.45) is 0.578. The Morgan fingerprint density at radius 3 is 2.77 bits per heavy atom. The molecule has 0 N–H and O–H groups in total. The molecule has 1 aromatic carbocycles. The van der Waals surface area contributed by atoms with Gasteiger partial charge in [0, 0.05) is 5.56 Å². The molecule has 0 aliphatic heterocycles. The molecule has 0 radical (unpaired) electrons. The Labute approximate surface area is 77.5 Å². The Bertz CT molecular complexity index is 369. The fourth-order valence-corrected chi connectivity index (χ4v) is 1.05. The smallest absolute Gasteiger partial charge is 0.193 e. The molecule has 2 heteroatoms. The van der Waals surface area contributed by atoms with Crippen LogP contribution in [-0.2, 0) is 4.79 Å². The second-order valence-electron chi connectivity index (χ2n) is 2.63. The van der Waals surface area contributed by atoms with E-state index in [1.807, 2.05) is 19.1 Å². The summed E-state index contributed by atoms with van der Waals surface area (Å²) < 4.78 is 5.06. The molecule has 2 nitrogen and oxygen atoms in total. The predicted molar refractivity (Wildman–Crippen MR) is 50.7 cm³/mol. The lowest BCUT2D eigenvalue weighted by molar-refractivity contribution is -0.103. The van der Waals surface area contributed by atoms with Crippen LogP contribution in [0.3, 0.4) is 0 Å². The zero-order valence-electron chi connectivity index (χ0n) is 7.63. The normalized spacial score (nSPS) is 8.46. The van der Waals surface area contributed by atoms with Crippen LogP contribution in [0.5, 0.6) is 5.75 Å². The lowest BCUT2D eigenvalue weighted by Crippen LogP contribution is -1.85. The van der Waals surface area contributed by atoms with Gasteiger partial charge in [-0.05, 0) is 36.6 Å². The number of hydrogen-bond donors (Lipinski definition) is 0. The maximum absolute atomic E-state index is 10.0. The van der Waals surface area contributed by atoms with Gasteiger partial charge >= 0.3 is 0 Å². The van der Waals surface area contributed by atoms with Crippen molar-refractivity contribution in [2.75, 3.05) is 7.11 Å². The van der Waals surface area contributed by atoms with Gasteiger partial charge < -0.3 is 4.74 Å². The van der Waals surface area contributed by atoms with Crippen LogP contribution in [0.1, 0.15) is 11.1 Å². The summed E-state index contributed by atoms with van der Waals surface area (Å²) >= 11 is 0. The zero-order chi connectivity index (χ0) is 9.68. The van der Waals surface area contributed by atoms with E-state index in [1.54, 1.807) is 13.2 Å². The van der Waals surface area contributed by atoms with Crippen LogP contribution >= 0.6 is 0 Å². The van der Waals surface area contributed by atoms with Crippen LogP contribution in [0.4, 0.5) is 0 Å². The maximum Gasteiger partial charge on any atom is 0.193 e. The molecule has 0 amide bonds. The van der Waals surface area contributed by atoms with Gasteiger partial charge in [-0.2, -0.15) is 0 Å². The molecule has 0 aliphatic carbocycles. The molecule has 1 aromatic rings. The van der Waals surface area contributed by atoms with Crippen LogP contribution in [0.25, 0.3) is 0 Å². The van der Waals surface area contributed by atoms with Crippen molar-refractivity contribution in [1.82, 2.24) is 0 Å². The molecule has 0 bridgehead atoms. The van der Waals surface area contributed by atoms with Crippen molar-refractivity contribution in [2.24, 2.45) is 0 Å². The van der Waals surface area contributed by atoms with Crippen LogP contribution in [0.15, 0.2) is 18.2 Å². The highest BCUT2D eigenvalue weighted by atomic mass is 16.5. The first-order valence-electron chi connectivity index (χ1n) is 3.87. The number of benzene rings is 1. The largest absolute Gasteiger partial charge is 0.497 e. The monoisotopic (exact) mass is 174 g/mol. The highest BCUT2D eigenvalue weighted by Crippen LogP contribution is 2.15. The molecule has 66 valence electrons. The maximum atomic E-state index is 10.0. The van der Waals surface area contributed by atoms with E-state index in [-0.39, 0.29) is 0 Å². The second kappa shape index (κ2) is 4.32. The van der Waals surface area contributed by atoms with Gasteiger partial charge in [-0.3, -0.25) is 4.79 Å². The number of rotatable bonds is 1. The summed E-state index contributed by atoms with van der Waals surface area (Å²) in [5.74, 6) is 5.83. The molecular formula is C11H10O2. The zero-order valence-corrected chi connectivity index (χ0v) is 7.63. The highest BCUT2D eigenvalue weighted by molar-refractivity contribution is 5.74. The molecule has 1 rings (SSSR count). The standard InChI is InChI=1S/C11H10O2/c1-9-6-10(4-3-5-12)8-11(7-9)13-2/h5-8H,1-2H3.